The number of carbonyl (C=O) groups excluding carboxylic acids is 1. The minimum absolute atomic E-state index is 0.156. The van der Waals surface area contributed by atoms with E-state index >= 15 is 0 Å². The van der Waals surface area contributed by atoms with Gasteiger partial charge in [-0.1, -0.05) is 23.2 Å². The van der Waals surface area contributed by atoms with Crippen molar-refractivity contribution in [3.63, 3.8) is 0 Å². The third kappa shape index (κ3) is 3.84. The summed E-state index contributed by atoms with van der Waals surface area (Å²) >= 11 is 11.8. The molecule has 0 saturated carbocycles. The van der Waals surface area contributed by atoms with Crippen LogP contribution in [0.4, 0.5) is 0 Å². The van der Waals surface area contributed by atoms with E-state index in [1.165, 1.54) is 18.2 Å². The van der Waals surface area contributed by atoms with Crippen molar-refractivity contribution in [3.05, 3.63) is 57.1 Å². The van der Waals surface area contributed by atoms with E-state index in [0.717, 1.165) is 11.1 Å². The van der Waals surface area contributed by atoms with Crippen molar-refractivity contribution in [2.24, 2.45) is 0 Å². The smallest absolute Gasteiger partial charge is 0.252 e. The van der Waals surface area contributed by atoms with E-state index in [9.17, 15) is 15.0 Å². The first kappa shape index (κ1) is 16.5. The molecule has 2 aromatic rings. The molecule has 0 aliphatic rings. The largest absolute Gasteiger partial charge is 0.504 e. The Morgan fingerprint density at radius 1 is 1.14 bits per heavy atom. The van der Waals surface area contributed by atoms with Gasteiger partial charge in [-0.05, 0) is 54.8 Å². The molecule has 0 unspecified atom stereocenters. The summed E-state index contributed by atoms with van der Waals surface area (Å²) in [6.07, 6.45) is 0.517. The Kier molecular flexibility index (Phi) is 5.16. The summed E-state index contributed by atoms with van der Waals surface area (Å²) in [5.41, 5.74) is 2.00. The predicted molar refractivity (Wildman–Crippen MR) is 87.0 cm³/mol. The van der Waals surface area contributed by atoms with Crippen LogP contribution < -0.4 is 5.32 Å². The van der Waals surface area contributed by atoms with Gasteiger partial charge in [0, 0.05) is 11.6 Å². The van der Waals surface area contributed by atoms with Gasteiger partial charge in [0.15, 0.2) is 11.5 Å². The third-order valence-corrected chi connectivity index (χ3v) is 3.85. The lowest BCUT2D eigenvalue weighted by Gasteiger charge is -2.10. The lowest BCUT2D eigenvalue weighted by Crippen LogP contribution is -2.26. The number of phenols is 2. The molecule has 6 heteroatoms. The number of aromatic hydroxyl groups is 2. The Labute approximate surface area is 138 Å². The molecule has 0 radical (unpaired) electrons. The van der Waals surface area contributed by atoms with Gasteiger partial charge in [-0.3, -0.25) is 4.79 Å². The molecule has 116 valence electrons. The molecule has 4 nitrogen and oxygen atoms in total. The molecular formula is C16H15Cl2NO3. The van der Waals surface area contributed by atoms with E-state index in [4.69, 9.17) is 23.2 Å². The molecule has 0 bridgehead atoms. The van der Waals surface area contributed by atoms with E-state index in [1.807, 2.05) is 6.92 Å². The number of halogens is 2. The van der Waals surface area contributed by atoms with Crippen LogP contribution in [0.1, 0.15) is 21.5 Å². The lowest BCUT2D eigenvalue weighted by atomic mass is 10.0. The topological polar surface area (TPSA) is 69.6 Å². The maximum atomic E-state index is 12.1. The lowest BCUT2D eigenvalue weighted by molar-refractivity contribution is 0.0954. The van der Waals surface area contributed by atoms with Gasteiger partial charge >= 0.3 is 0 Å². The monoisotopic (exact) mass is 339 g/mol. The summed E-state index contributed by atoms with van der Waals surface area (Å²) in [4.78, 5) is 12.1. The summed E-state index contributed by atoms with van der Waals surface area (Å²) in [6, 6.07) is 7.67. The first-order valence-electron chi connectivity index (χ1n) is 6.63. The van der Waals surface area contributed by atoms with Crippen LogP contribution in [0.5, 0.6) is 11.5 Å². The predicted octanol–water partition coefficient (Wildman–Crippen LogP) is 3.69. The van der Waals surface area contributed by atoms with E-state index in [2.05, 4.69) is 5.32 Å². The number of rotatable bonds is 4. The van der Waals surface area contributed by atoms with Crippen molar-refractivity contribution in [1.29, 1.82) is 0 Å². The Bertz CT molecular complexity index is 717. The van der Waals surface area contributed by atoms with Crippen LogP contribution in [0.2, 0.25) is 10.0 Å². The number of phenolic OH excluding ortho intramolecular Hbond substituents is 2. The number of nitrogens with one attached hydrogen (secondary N) is 1. The fraction of sp³-hybridized carbons (Fsp3) is 0.188. The van der Waals surface area contributed by atoms with Crippen LogP contribution in [0.3, 0.4) is 0 Å². The van der Waals surface area contributed by atoms with E-state index in [1.54, 1.807) is 12.1 Å². The van der Waals surface area contributed by atoms with Crippen molar-refractivity contribution in [3.8, 4) is 11.5 Å². The second kappa shape index (κ2) is 6.90. The highest BCUT2D eigenvalue weighted by atomic mass is 35.5. The number of hydrogen-bond acceptors (Lipinski definition) is 3. The van der Waals surface area contributed by atoms with Crippen LogP contribution in [0, 0.1) is 6.92 Å². The molecule has 0 atom stereocenters. The van der Waals surface area contributed by atoms with Crippen molar-refractivity contribution >= 4 is 29.1 Å². The third-order valence-electron chi connectivity index (χ3n) is 3.29. The zero-order valence-corrected chi connectivity index (χ0v) is 13.4. The van der Waals surface area contributed by atoms with Crippen molar-refractivity contribution in [2.75, 3.05) is 6.54 Å². The van der Waals surface area contributed by atoms with Crippen LogP contribution in [0.25, 0.3) is 0 Å². The Morgan fingerprint density at radius 3 is 2.55 bits per heavy atom. The second-order valence-electron chi connectivity index (χ2n) is 4.90. The van der Waals surface area contributed by atoms with Gasteiger partial charge in [-0.25, -0.2) is 0 Å². The molecule has 0 spiro atoms. The minimum Gasteiger partial charge on any atom is -0.504 e. The molecule has 0 fully saturated rings. The molecule has 0 heterocycles. The molecular weight excluding hydrogens is 325 g/mol. The molecule has 3 N–H and O–H groups in total. The van der Waals surface area contributed by atoms with Crippen LogP contribution in [-0.2, 0) is 6.42 Å². The van der Waals surface area contributed by atoms with Gasteiger partial charge < -0.3 is 15.5 Å². The molecule has 0 aromatic heterocycles. The van der Waals surface area contributed by atoms with Crippen molar-refractivity contribution in [1.82, 2.24) is 5.32 Å². The molecule has 0 aliphatic heterocycles. The average Bonchev–Trinajstić information content (AvgIpc) is 2.46. The summed E-state index contributed by atoms with van der Waals surface area (Å²) in [6.45, 7) is 2.19. The second-order valence-corrected chi connectivity index (χ2v) is 5.74. The molecule has 2 aromatic carbocycles. The van der Waals surface area contributed by atoms with Crippen LogP contribution in [0.15, 0.2) is 30.3 Å². The average molecular weight is 340 g/mol. The quantitative estimate of drug-likeness (QED) is 0.744. The first-order chi connectivity index (χ1) is 10.4. The van der Waals surface area contributed by atoms with Crippen molar-refractivity contribution < 1.29 is 15.0 Å². The van der Waals surface area contributed by atoms with Crippen LogP contribution in [-0.4, -0.2) is 22.7 Å². The van der Waals surface area contributed by atoms with E-state index < -0.39 is 0 Å². The molecule has 22 heavy (non-hydrogen) atoms. The standard InChI is InChI=1S/C16H15Cl2NO3/c1-9-6-14(20)15(21)7-10(9)4-5-19-16(22)12-8-11(17)2-3-13(12)18/h2-3,6-8,20-21H,4-5H2,1H3,(H,19,22). The molecule has 2 rings (SSSR count). The maximum Gasteiger partial charge on any atom is 0.252 e. The number of hydrogen-bond donors (Lipinski definition) is 3. The fourth-order valence-corrected chi connectivity index (χ4v) is 2.45. The molecule has 0 saturated heterocycles. The molecule has 0 aliphatic carbocycles. The van der Waals surface area contributed by atoms with Gasteiger partial charge in [0.25, 0.3) is 5.91 Å². The summed E-state index contributed by atoms with van der Waals surface area (Å²) in [7, 11) is 0. The maximum absolute atomic E-state index is 12.1. The SMILES string of the molecule is Cc1cc(O)c(O)cc1CCNC(=O)c1cc(Cl)ccc1Cl. The zero-order valence-electron chi connectivity index (χ0n) is 11.9. The van der Waals surface area contributed by atoms with Gasteiger partial charge in [-0.15, -0.1) is 0 Å². The highest BCUT2D eigenvalue weighted by molar-refractivity contribution is 6.35. The fourth-order valence-electron chi connectivity index (χ4n) is 2.07. The van der Waals surface area contributed by atoms with Gasteiger partial charge in [-0.2, -0.15) is 0 Å². The van der Waals surface area contributed by atoms with Gasteiger partial charge in [0.2, 0.25) is 0 Å². The molecule has 1 amide bonds. The Hall–Kier alpha value is -1.91. The number of aryl methyl sites for hydroxylation is 1. The van der Waals surface area contributed by atoms with Gasteiger partial charge in [0.05, 0.1) is 10.6 Å². The minimum atomic E-state index is -0.312. The Balaban J connectivity index is 2.00. The summed E-state index contributed by atoms with van der Waals surface area (Å²) < 4.78 is 0. The van der Waals surface area contributed by atoms with Crippen molar-refractivity contribution in [2.45, 2.75) is 13.3 Å². The summed E-state index contributed by atoms with van der Waals surface area (Å²) in [5.74, 6) is -0.644. The van der Waals surface area contributed by atoms with Gasteiger partial charge in [0.1, 0.15) is 0 Å². The highest BCUT2D eigenvalue weighted by Crippen LogP contribution is 2.28. The number of carbonyl (C=O) groups is 1. The number of benzene rings is 2. The Morgan fingerprint density at radius 2 is 1.82 bits per heavy atom. The van der Waals surface area contributed by atoms with Crippen LogP contribution >= 0.6 is 23.2 Å². The van der Waals surface area contributed by atoms with E-state index in [-0.39, 0.29) is 17.4 Å². The number of amides is 1. The summed E-state index contributed by atoms with van der Waals surface area (Å²) in [5, 5.41) is 22.4. The van der Waals surface area contributed by atoms with E-state index in [0.29, 0.717) is 28.6 Å². The zero-order chi connectivity index (χ0) is 16.3. The highest BCUT2D eigenvalue weighted by Gasteiger charge is 2.11. The first-order valence-corrected chi connectivity index (χ1v) is 7.39. The normalized spacial score (nSPS) is 10.5.